The predicted molar refractivity (Wildman–Crippen MR) is 116 cm³/mol. The van der Waals surface area contributed by atoms with Crippen molar-refractivity contribution in [2.75, 3.05) is 24.6 Å². The van der Waals surface area contributed by atoms with Gasteiger partial charge >= 0.3 is 0 Å². The second-order valence-corrected chi connectivity index (χ2v) is 8.79. The van der Waals surface area contributed by atoms with Gasteiger partial charge in [0.15, 0.2) is 12.4 Å². The molecule has 0 bridgehead atoms. The molecular weight excluding hydrogens is 392 g/mol. The molecule has 2 aliphatic heterocycles. The molecule has 1 aromatic carbocycles. The van der Waals surface area contributed by atoms with E-state index in [1.54, 1.807) is 0 Å². The molecule has 7 heteroatoms. The van der Waals surface area contributed by atoms with E-state index in [2.05, 4.69) is 0 Å². The third-order valence-corrected chi connectivity index (χ3v) is 6.46. The number of hydrogen-bond donors (Lipinski definition) is 0. The molecule has 3 heterocycles. The lowest BCUT2D eigenvalue weighted by Gasteiger charge is -2.35. The summed E-state index contributed by atoms with van der Waals surface area (Å²) in [5.41, 5.74) is 1.79. The highest BCUT2D eigenvalue weighted by molar-refractivity contribution is 6.00. The molecule has 7 nitrogen and oxygen atoms in total. The number of carbonyl (C=O) groups is 2. The largest absolute Gasteiger partial charge is 0.484 e. The van der Waals surface area contributed by atoms with E-state index in [1.165, 1.54) is 12.8 Å². The number of rotatable bonds is 6. The molecule has 0 radical (unpaired) electrons. The van der Waals surface area contributed by atoms with Gasteiger partial charge in [-0.3, -0.25) is 14.5 Å². The smallest absolute Gasteiger partial charge is 0.261 e. The Morgan fingerprint density at radius 1 is 1.13 bits per heavy atom. The van der Waals surface area contributed by atoms with Crippen LogP contribution in [0.4, 0.5) is 5.82 Å². The molecule has 2 fully saturated rings. The third-order valence-electron chi connectivity index (χ3n) is 6.46. The Hall–Kier alpha value is -2.96. The summed E-state index contributed by atoms with van der Waals surface area (Å²) in [5, 5.41) is 0. The zero-order chi connectivity index (χ0) is 21.4. The van der Waals surface area contributed by atoms with Crippen molar-refractivity contribution >= 4 is 17.6 Å². The molecule has 1 aromatic heterocycles. The van der Waals surface area contributed by atoms with E-state index in [0.717, 1.165) is 42.9 Å². The number of likely N-dealkylation sites (tertiary alicyclic amines) is 1. The minimum Gasteiger partial charge on any atom is -0.484 e. The van der Waals surface area contributed by atoms with Crippen LogP contribution in [-0.4, -0.2) is 46.4 Å². The first kappa shape index (κ1) is 20.0. The van der Waals surface area contributed by atoms with Gasteiger partial charge in [0.1, 0.15) is 11.6 Å². The molecule has 31 heavy (non-hydrogen) atoms. The van der Waals surface area contributed by atoms with Crippen molar-refractivity contribution in [2.24, 2.45) is 5.92 Å². The first-order valence-electron chi connectivity index (χ1n) is 11.2. The maximum Gasteiger partial charge on any atom is 0.261 e. The van der Waals surface area contributed by atoms with E-state index in [4.69, 9.17) is 14.7 Å². The molecule has 1 aliphatic carbocycles. The van der Waals surface area contributed by atoms with Gasteiger partial charge in [-0.1, -0.05) is 18.2 Å². The van der Waals surface area contributed by atoms with E-state index in [0.29, 0.717) is 30.5 Å². The van der Waals surface area contributed by atoms with Gasteiger partial charge in [0, 0.05) is 24.3 Å². The monoisotopic (exact) mass is 420 g/mol. The van der Waals surface area contributed by atoms with Crippen LogP contribution in [0.1, 0.15) is 55.2 Å². The molecule has 1 unspecified atom stereocenters. The Morgan fingerprint density at radius 3 is 2.71 bits per heavy atom. The van der Waals surface area contributed by atoms with Gasteiger partial charge < -0.3 is 9.64 Å². The van der Waals surface area contributed by atoms with E-state index in [-0.39, 0.29) is 24.5 Å². The van der Waals surface area contributed by atoms with E-state index >= 15 is 0 Å². The molecule has 1 atom stereocenters. The van der Waals surface area contributed by atoms with E-state index in [1.807, 2.05) is 47.1 Å². The highest BCUT2D eigenvalue weighted by Gasteiger charge is 2.37. The summed E-state index contributed by atoms with van der Waals surface area (Å²) in [6, 6.07) is 9.21. The van der Waals surface area contributed by atoms with Crippen LogP contribution in [0.25, 0.3) is 0 Å². The lowest BCUT2D eigenvalue weighted by Crippen LogP contribution is -2.42. The first-order chi connectivity index (χ1) is 15.1. The Balaban J connectivity index is 1.37. The van der Waals surface area contributed by atoms with Crippen LogP contribution in [0.3, 0.4) is 0 Å². The number of piperidine rings is 1. The fourth-order valence-corrected chi connectivity index (χ4v) is 4.54. The normalized spacial score (nSPS) is 20.7. The third kappa shape index (κ3) is 4.13. The van der Waals surface area contributed by atoms with Crippen LogP contribution in [0.15, 0.2) is 30.3 Å². The van der Waals surface area contributed by atoms with Crippen LogP contribution in [-0.2, 0) is 16.0 Å². The van der Waals surface area contributed by atoms with Crippen molar-refractivity contribution in [3.63, 3.8) is 0 Å². The average Bonchev–Trinajstić information content (AvgIpc) is 3.56. The van der Waals surface area contributed by atoms with Crippen LogP contribution in [0.5, 0.6) is 5.75 Å². The molecule has 0 spiro atoms. The lowest BCUT2D eigenvalue weighted by molar-refractivity contribution is -0.137. The SMILES string of the molecule is Cc1nc(C2CCCCN2C(=O)COc2ccccc2)nc2c1CC(=O)N2CC1CC1. The zero-order valence-electron chi connectivity index (χ0n) is 17.9. The molecular formula is C24H28N4O3. The molecule has 0 N–H and O–H groups in total. The van der Waals surface area contributed by atoms with E-state index < -0.39 is 0 Å². The predicted octanol–water partition coefficient (Wildman–Crippen LogP) is 3.22. The number of amides is 2. The zero-order valence-corrected chi connectivity index (χ0v) is 17.9. The summed E-state index contributed by atoms with van der Waals surface area (Å²) in [6.07, 6.45) is 5.56. The molecule has 3 aliphatic rings. The van der Waals surface area contributed by atoms with Gasteiger partial charge in [0.2, 0.25) is 5.91 Å². The Labute approximate surface area is 182 Å². The number of benzene rings is 1. The molecule has 1 saturated heterocycles. The minimum absolute atomic E-state index is 0.00325. The Bertz CT molecular complexity index is 990. The van der Waals surface area contributed by atoms with Gasteiger partial charge in [-0.05, 0) is 57.1 Å². The number of carbonyl (C=O) groups excluding carboxylic acids is 2. The number of ether oxygens (including phenoxy) is 1. The molecule has 5 rings (SSSR count). The molecule has 2 amide bonds. The second kappa shape index (κ2) is 8.29. The van der Waals surface area contributed by atoms with Crippen LogP contribution < -0.4 is 9.64 Å². The maximum absolute atomic E-state index is 13.0. The van der Waals surface area contributed by atoms with Crippen LogP contribution in [0.2, 0.25) is 0 Å². The molecule has 2 aromatic rings. The summed E-state index contributed by atoms with van der Waals surface area (Å²) in [6.45, 7) is 3.37. The summed E-state index contributed by atoms with van der Waals surface area (Å²) < 4.78 is 5.70. The average molecular weight is 421 g/mol. The number of para-hydroxylation sites is 1. The van der Waals surface area contributed by atoms with Crippen LogP contribution >= 0.6 is 0 Å². The van der Waals surface area contributed by atoms with Crippen molar-refractivity contribution < 1.29 is 14.3 Å². The Morgan fingerprint density at radius 2 is 1.94 bits per heavy atom. The minimum atomic E-state index is -0.178. The fraction of sp³-hybridized carbons (Fsp3) is 0.500. The van der Waals surface area contributed by atoms with E-state index in [9.17, 15) is 9.59 Å². The molecule has 162 valence electrons. The fourth-order valence-electron chi connectivity index (χ4n) is 4.54. The van der Waals surface area contributed by atoms with Gasteiger partial charge in [-0.15, -0.1) is 0 Å². The van der Waals surface area contributed by atoms with Crippen molar-refractivity contribution in [1.29, 1.82) is 0 Å². The second-order valence-electron chi connectivity index (χ2n) is 8.79. The van der Waals surface area contributed by atoms with Gasteiger partial charge in [0.25, 0.3) is 5.91 Å². The van der Waals surface area contributed by atoms with Crippen molar-refractivity contribution in [1.82, 2.24) is 14.9 Å². The lowest BCUT2D eigenvalue weighted by atomic mass is 10.0. The highest BCUT2D eigenvalue weighted by Crippen LogP contribution is 2.37. The van der Waals surface area contributed by atoms with Gasteiger partial charge in [-0.25, -0.2) is 9.97 Å². The quantitative estimate of drug-likeness (QED) is 0.717. The summed E-state index contributed by atoms with van der Waals surface area (Å²) >= 11 is 0. The van der Waals surface area contributed by atoms with Gasteiger partial charge in [0.05, 0.1) is 12.5 Å². The number of anilines is 1. The summed E-state index contributed by atoms with van der Waals surface area (Å²) in [4.78, 5) is 39.0. The number of hydrogen-bond acceptors (Lipinski definition) is 5. The van der Waals surface area contributed by atoms with Crippen molar-refractivity contribution in [3.05, 3.63) is 47.4 Å². The first-order valence-corrected chi connectivity index (χ1v) is 11.2. The van der Waals surface area contributed by atoms with Crippen LogP contribution in [0, 0.1) is 12.8 Å². The van der Waals surface area contributed by atoms with Gasteiger partial charge in [-0.2, -0.15) is 0 Å². The summed E-state index contributed by atoms with van der Waals surface area (Å²) in [7, 11) is 0. The highest BCUT2D eigenvalue weighted by atomic mass is 16.5. The number of nitrogens with zero attached hydrogens (tertiary/aromatic N) is 4. The standard InChI is InChI=1S/C24H28N4O3/c1-16-19-13-21(29)28(14-17-10-11-17)24(19)26-23(25-16)20-9-5-6-12-27(20)22(30)15-31-18-7-3-2-4-8-18/h2-4,7-8,17,20H,5-6,9-15H2,1H3. The maximum atomic E-state index is 13.0. The topological polar surface area (TPSA) is 75.6 Å². The number of aromatic nitrogens is 2. The number of fused-ring (bicyclic) bond motifs is 1. The number of aryl methyl sites for hydroxylation is 1. The van der Waals surface area contributed by atoms with Crippen molar-refractivity contribution in [2.45, 2.75) is 51.5 Å². The molecule has 1 saturated carbocycles. The summed E-state index contributed by atoms with van der Waals surface area (Å²) in [5.74, 6) is 2.75. The van der Waals surface area contributed by atoms with Crippen molar-refractivity contribution in [3.8, 4) is 5.75 Å². The Kier molecular flexibility index (Phi) is 5.34.